The molecule has 0 spiro atoms. The second-order valence-electron chi connectivity index (χ2n) is 3.93. The number of nitrogens with zero attached hydrogens (tertiary/aromatic N) is 3. The van der Waals surface area contributed by atoms with Gasteiger partial charge in [0.1, 0.15) is 0 Å². The second kappa shape index (κ2) is 3.71. The van der Waals surface area contributed by atoms with E-state index in [1.54, 1.807) is 6.07 Å². The van der Waals surface area contributed by atoms with Crippen molar-refractivity contribution in [1.29, 1.82) is 0 Å². The Morgan fingerprint density at radius 1 is 1.28 bits per heavy atom. The van der Waals surface area contributed by atoms with E-state index >= 15 is 0 Å². The third-order valence-electron chi connectivity index (χ3n) is 2.82. The number of H-pyrrole nitrogens is 1. The lowest BCUT2D eigenvalue weighted by molar-refractivity contribution is -0.593. The highest BCUT2D eigenvalue weighted by Gasteiger charge is 2.24. The molecular weight excluding hydrogens is 256 g/mol. The van der Waals surface area contributed by atoms with E-state index in [9.17, 15) is 10.4 Å². The molecule has 0 unspecified atom stereocenters. The number of halogens is 1. The van der Waals surface area contributed by atoms with Gasteiger partial charge >= 0.3 is 17.1 Å². The molecule has 0 saturated heterocycles. The van der Waals surface area contributed by atoms with Crippen molar-refractivity contribution >= 4 is 33.9 Å². The van der Waals surface area contributed by atoms with Gasteiger partial charge in [-0.05, 0) is 12.1 Å². The minimum Gasteiger partial charge on any atom is -0.710 e. The van der Waals surface area contributed by atoms with Gasteiger partial charge in [0.2, 0.25) is 0 Å². The summed E-state index contributed by atoms with van der Waals surface area (Å²) in [7, 11) is 0. The van der Waals surface area contributed by atoms with Gasteiger partial charge in [0, 0.05) is 16.1 Å². The summed E-state index contributed by atoms with van der Waals surface area (Å²) in [5, 5.41) is 24.7. The van der Waals surface area contributed by atoms with E-state index in [0.717, 1.165) is 0 Å². The zero-order valence-electron chi connectivity index (χ0n) is 9.48. The van der Waals surface area contributed by atoms with E-state index < -0.39 is 0 Å². The normalized spacial score (nSPS) is 11.4. The van der Waals surface area contributed by atoms with Crippen LogP contribution < -0.4 is 9.46 Å². The molecule has 92 valence electrons. The Morgan fingerprint density at radius 2 is 2.06 bits per heavy atom. The van der Waals surface area contributed by atoms with Crippen LogP contribution in [0, 0.1) is 10.4 Å². The molecule has 0 fully saturated rings. The molecule has 0 atom stereocenters. The van der Waals surface area contributed by atoms with Gasteiger partial charge in [-0.3, -0.25) is 0 Å². The van der Waals surface area contributed by atoms with Gasteiger partial charge < -0.3 is 10.4 Å². The maximum absolute atomic E-state index is 12.2. The molecule has 1 N–H and O–H groups in total. The minimum absolute atomic E-state index is 0.0941. The smallest absolute Gasteiger partial charge is 0.422 e. The van der Waals surface area contributed by atoms with Crippen molar-refractivity contribution in [3.63, 3.8) is 0 Å². The highest BCUT2D eigenvalue weighted by molar-refractivity contribution is 6.31. The molecule has 0 aliphatic carbocycles. The average Bonchev–Trinajstić information content (AvgIpc) is 2.80. The lowest BCUT2D eigenvalue weighted by Crippen LogP contribution is -2.39. The minimum atomic E-state index is 0.0941. The number of aromatic amines is 1. The number of aromatic nitrogens is 4. The fourth-order valence-corrected chi connectivity index (χ4v) is 2.08. The lowest BCUT2D eigenvalue weighted by Gasteiger charge is -2.10. The van der Waals surface area contributed by atoms with Gasteiger partial charge in [-0.2, -0.15) is 4.98 Å². The molecule has 7 heteroatoms. The summed E-state index contributed by atoms with van der Waals surface area (Å²) in [6, 6.07) is 4.54. The molecule has 6 nitrogen and oxygen atoms in total. The van der Waals surface area contributed by atoms with Gasteiger partial charge in [0.15, 0.2) is 11.0 Å². The van der Waals surface area contributed by atoms with Crippen LogP contribution >= 0.6 is 11.6 Å². The summed E-state index contributed by atoms with van der Waals surface area (Å²) < 4.78 is 1.29. The molecule has 1 aromatic carbocycles. The molecule has 3 rings (SSSR count). The summed E-state index contributed by atoms with van der Waals surface area (Å²) in [4.78, 5) is 6.95. The number of hydrogen-bond acceptors (Lipinski definition) is 3. The van der Waals surface area contributed by atoms with Crippen molar-refractivity contribution in [2.24, 2.45) is 0 Å². The maximum Gasteiger partial charge on any atom is 0.422 e. The van der Waals surface area contributed by atoms with E-state index in [1.807, 2.05) is 6.92 Å². The highest BCUT2D eigenvalue weighted by atomic mass is 35.5. The Hall–Kier alpha value is -2.08. The van der Waals surface area contributed by atoms with Crippen LogP contribution in [0.15, 0.2) is 18.2 Å². The largest absolute Gasteiger partial charge is 0.710 e. The number of benzene rings is 1. The third-order valence-corrected chi connectivity index (χ3v) is 3.06. The Bertz CT molecular complexity index is 769. The van der Waals surface area contributed by atoms with Crippen LogP contribution in [0.3, 0.4) is 0 Å². The van der Waals surface area contributed by atoms with Crippen LogP contribution in [0.1, 0.15) is 12.7 Å². The topological polar surface area (TPSA) is 82.6 Å². The first kappa shape index (κ1) is 11.0. The van der Waals surface area contributed by atoms with E-state index in [1.165, 1.54) is 12.1 Å². The van der Waals surface area contributed by atoms with E-state index in [-0.39, 0.29) is 22.3 Å². The molecule has 3 aromatic rings. The Labute approximate surface area is 107 Å². The van der Waals surface area contributed by atoms with Gasteiger partial charge in [0.25, 0.3) is 0 Å². The van der Waals surface area contributed by atoms with Crippen LogP contribution in [0.2, 0.25) is 5.02 Å². The molecule has 0 aliphatic rings. The molecule has 0 aliphatic heterocycles. The highest BCUT2D eigenvalue weighted by Crippen LogP contribution is 2.16. The molecule has 0 saturated carbocycles. The fraction of sp³-hybridized carbons (Fsp3) is 0.182. The summed E-state index contributed by atoms with van der Waals surface area (Å²) in [5.74, 6) is 0.598. The fourth-order valence-electron chi connectivity index (χ4n) is 1.92. The first-order chi connectivity index (χ1) is 8.61. The Kier molecular flexibility index (Phi) is 2.27. The lowest BCUT2D eigenvalue weighted by atomic mass is 10.3. The van der Waals surface area contributed by atoms with Gasteiger partial charge in [0.05, 0.1) is 6.42 Å². The van der Waals surface area contributed by atoms with E-state index in [0.29, 0.717) is 26.7 Å². The zero-order chi connectivity index (χ0) is 12.9. The SMILES string of the molecule is CCc1nc2c([nH]1)[n+]([O-])c1cc(Cl)ccc1[n+]2[O-]. The van der Waals surface area contributed by atoms with Crippen LogP contribution in [0.25, 0.3) is 22.3 Å². The van der Waals surface area contributed by atoms with Crippen molar-refractivity contribution in [2.45, 2.75) is 13.3 Å². The molecular formula is C11H9ClN4O2. The average molecular weight is 265 g/mol. The summed E-state index contributed by atoms with van der Waals surface area (Å²) in [6.45, 7) is 1.89. The van der Waals surface area contributed by atoms with Gasteiger partial charge in [-0.15, -0.1) is 0 Å². The van der Waals surface area contributed by atoms with Crippen molar-refractivity contribution in [1.82, 2.24) is 9.97 Å². The van der Waals surface area contributed by atoms with Gasteiger partial charge in [-0.25, -0.2) is 9.46 Å². The number of rotatable bonds is 1. The summed E-state index contributed by atoms with van der Waals surface area (Å²) >= 11 is 5.84. The van der Waals surface area contributed by atoms with Crippen molar-refractivity contribution in [3.05, 3.63) is 39.5 Å². The van der Waals surface area contributed by atoms with Crippen molar-refractivity contribution < 1.29 is 9.46 Å². The van der Waals surface area contributed by atoms with Gasteiger partial charge in [-0.1, -0.05) is 18.5 Å². The quantitative estimate of drug-likeness (QED) is 0.529. The maximum atomic E-state index is 12.2. The first-order valence-corrected chi connectivity index (χ1v) is 5.82. The molecule has 18 heavy (non-hydrogen) atoms. The predicted octanol–water partition coefficient (Wildman–Crippen LogP) is 1.20. The molecule has 2 heterocycles. The van der Waals surface area contributed by atoms with Crippen LogP contribution in [0.5, 0.6) is 0 Å². The van der Waals surface area contributed by atoms with Crippen LogP contribution in [-0.2, 0) is 6.42 Å². The molecule has 0 bridgehead atoms. The summed E-state index contributed by atoms with van der Waals surface area (Å²) in [5.41, 5.74) is 0.709. The molecule has 2 aromatic heterocycles. The van der Waals surface area contributed by atoms with E-state index in [4.69, 9.17) is 11.6 Å². The Balaban J connectivity index is 2.54. The number of fused-ring (bicyclic) bond motifs is 2. The summed E-state index contributed by atoms with van der Waals surface area (Å²) in [6.07, 6.45) is 0.617. The number of nitrogens with one attached hydrogen (secondary N) is 1. The molecule has 0 radical (unpaired) electrons. The second-order valence-corrected chi connectivity index (χ2v) is 4.37. The van der Waals surface area contributed by atoms with Crippen molar-refractivity contribution in [3.8, 4) is 0 Å². The van der Waals surface area contributed by atoms with Crippen molar-refractivity contribution in [2.75, 3.05) is 0 Å². The zero-order valence-corrected chi connectivity index (χ0v) is 10.2. The first-order valence-electron chi connectivity index (χ1n) is 5.44. The number of imidazole rings is 1. The molecule has 0 amide bonds. The standard InChI is InChI=1S/C11H9ClN4O2/c1-2-9-13-10-11(14-9)16(18)8-5-6(12)3-4-7(8)15(10)17/h3-5H,2H2,1H3,(H,13,14). The number of hydrogen-bond donors (Lipinski definition) is 1. The number of aryl methyl sites for hydroxylation is 1. The Morgan fingerprint density at radius 3 is 2.78 bits per heavy atom. The monoisotopic (exact) mass is 264 g/mol. The third kappa shape index (κ3) is 1.39. The van der Waals surface area contributed by atoms with Crippen LogP contribution in [0.4, 0.5) is 0 Å². The van der Waals surface area contributed by atoms with Crippen LogP contribution in [-0.4, -0.2) is 9.97 Å². The predicted molar refractivity (Wildman–Crippen MR) is 65.9 cm³/mol. The van der Waals surface area contributed by atoms with E-state index in [2.05, 4.69) is 9.97 Å².